The number of nitrogens with zero attached hydrogens (tertiary/aromatic N) is 7. The van der Waals surface area contributed by atoms with Gasteiger partial charge in [-0.25, -0.2) is 19.9 Å². The Labute approximate surface area is 260 Å². The minimum atomic E-state index is -0.371. The third-order valence-corrected chi connectivity index (χ3v) is 10.1. The van der Waals surface area contributed by atoms with E-state index in [0.29, 0.717) is 46.4 Å². The molecule has 3 fully saturated rings. The number of hydrogen-bond acceptors (Lipinski definition) is 12. The van der Waals surface area contributed by atoms with Crippen molar-refractivity contribution in [3.63, 3.8) is 0 Å². The summed E-state index contributed by atoms with van der Waals surface area (Å²) in [5, 5.41) is 14.4. The molecular formula is C28H35Cl2N9O2S. The molecule has 3 aliphatic rings. The number of rotatable bonds is 6. The van der Waals surface area contributed by atoms with E-state index in [1.165, 1.54) is 11.8 Å². The van der Waals surface area contributed by atoms with Crippen LogP contribution >= 0.6 is 35.8 Å². The SMILES string of the molecule is C[C@@H]1C(=O)CC2(CCN(c3cnc(Sc4ccnc(Nc5ccnc(N6CCC[C@H](O)C6)n5)c4Cl)cn3)CC2)[C@H]1N.Cl. The van der Waals surface area contributed by atoms with Crippen LogP contribution in [0.1, 0.15) is 39.0 Å². The number of aromatic nitrogens is 5. The second kappa shape index (κ2) is 12.8. The van der Waals surface area contributed by atoms with Gasteiger partial charge in [0.25, 0.3) is 0 Å². The van der Waals surface area contributed by atoms with Crippen LogP contribution in [-0.4, -0.2) is 74.1 Å². The molecule has 5 heterocycles. The molecule has 11 nitrogen and oxygen atoms in total. The van der Waals surface area contributed by atoms with Crippen LogP contribution in [0.3, 0.4) is 0 Å². The quantitative estimate of drug-likeness (QED) is 0.359. The largest absolute Gasteiger partial charge is 0.391 e. The standard InChI is InChI=1S/C28H34ClN9O2S.ClH/c1-17-19(40)13-28(25(17)30)6-11-37(12-7-28)22-14-34-23(15-33-22)41-20-4-8-31-26(24(20)29)35-21-5-9-32-27(36-21)38-10-2-3-18(39)16-38;/h4-5,8-9,14-15,17-18,25,39H,2-3,6-7,10-13,16,30H2,1H3,(H,31,32,35,36);1H/t17-,18+,25+;/m1./s1. The van der Waals surface area contributed by atoms with Gasteiger partial charge in [0.1, 0.15) is 22.4 Å². The van der Waals surface area contributed by atoms with Crippen LogP contribution in [0.5, 0.6) is 0 Å². The molecule has 2 saturated heterocycles. The highest BCUT2D eigenvalue weighted by Gasteiger charge is 2.50. The lowest BCUT2D eigenvalue weighted by atomic mass is 9.73. The van der Waals surface area contributed by atoms with Crippen molar-refractivity contribution in [3.8, 4) is 0 Å². The first-order valence-electron chi connectivity index (χ1n) is 14.0. The van der Waals surface area contributed by atoms with Crippen LogP contribution < -0.4 is 20.9 Å². The fourth-order valence-corrected chi connectivity index (χ4v) is 7.13. The van der Waals surface area contributed by atoms with Gasteiger partial charge in [-0.05, 0) is 43.2 Å². The maximum absolute atomic E-state index is 12.3. The molecule has 3 aromatic heterocycles. The summed E-state index contributed by atoms with van der Waals surface area (Å²) < 4.78 is 0. The number of halogens is 2. The van der Waals surface area contributed by atoms with Gasteiger partial charge >= 0.3 is 0 Å². The van der Waals surface area contributed by atoms with Crippen molar-refractivity contribution in [1.82, 2.24) is 24.9 Å². The van der Waals surface area contributed by atoms with Crippen LogP contribution in [-0.2, 0) is 4.79 Å². The molecule has 3 atom stereocenters. The van der Waals surface area contributed by atoms with Crippen LogP contribution in [0.2, 0.25) is 5.02 Å². The van der Waals surface area contributed by atoms with Gasteiger partial charge in [0.2, 0.25) is 5.95 Å². The van der Waals surface area contributed by atoms with Crippen molar-refractivity contribution in [2.75, 3.05) is 41.3 Å². The van der Waals surface area contributed by atoms with E-state index in [1.54, 1.807) is 30.9 Å². The number of nitrogens with one attached hydrogen (secondary N) is 1. The third-order valence-electron chi connectivity index (χ3n) is 8.61. The third kappa shape index (κ3) is 6.28. The van der Waals surface area contributed by atoms with E-state index in [0.717, 1.165) is 56.0 Å². The summed E-state index contributed by atoms with van der Waals surface area (Å²) in [6.07, 6.45) is 10.6. The first-order chi connectivity index (χ1) is 19.8. The van der Waals surface area contributed by atoms with E-state index in [4.69, 9.17) is 17.3 Å². The molecule has 0 amide bonds. The van der Waals surface area contributed by atoms with Crippen LogP contribution in [0, 0.1) is 11.3 Å². The lowest BCUT2D eigenvalue weighted by Crippen LogP contribution is -2.48. The van der Waals surface area contributed by atoms with E-state index in [1.807, 2.05) is 17.9 Å². The number of hydrogen-bond donors (Lipinski definition) is 3. The van der Waals surface area contributed by atoms with Gasteiger partial charge in [-0.1, -0.05) is 30.3 Å². The van der Waals surface area contributed by atoms with Crippen molar-refractivity contribution in [2.45, 2.75) is 61.1 Å². The number of nitrogens with two attached hydrogens (primary N) is 1. The van der Waals surface area contributed by atoms with Crippen molar-refractivity contribution >= 4 is 65.0 Å². The predicted molar refractivity (Wildman–Crippen MR) is 166 cm³/mol. The first kappa shape index (κ1) is 30.7. The number of carbonyl (C=O) groups excluding carboxylic acids is 1. The maximum Gasteiger partial charge on any atom is 0.227 e. The maximum atomic E-state index is 12.3. The van der Waals surface area contributed by atoms with Crippen molar-refractivity contribution in [1.29, 1.82) is 0 Å². The van der Waals surface area contributed by atoms with Gasteiger partial charge in [-0.15, -0.1) is 12.4 Å². The highest BCUT2D eigenvalue weighted by molar-refractivity contribution is 7.99. The molecule has 0 radical (unpaired) electrons. The second-order valence-corrected chi connectivity index (χ2v) is 12.6. The number of piperidine rings is 2. The molecule has 3 aromatic rings. The number of pyridine rings is 1. The van der Waals surface area contributed by atoms with E-state index in [9.17, 15) is 9.90 Å². The molecule has 4 N–H and O–H groups in total. The summed E-state index contributed by atoms with van der Waals surface area (Å²) in [5.74, 6) is 2.66. The van der Waals surface area contributed by atoms with Gasteiger partial charge < -0.3 is 26.0 Å². The summed E-state index contributed by atoms with van der Waals surface area (Å²) in [5.41, 5.74) is 6.38. The van der Waals surface area contributed by atoms with E-state index >= 15 is 0 Å². The molecule has 224 valence electrons. The predicted octanol–water partition coefficient (Wildman–Crippen LogP) is 4.12. The normalized spacial score (nSPS) is 23.6. The van der Waals surface area contributed by atoms with E-state index in [2.05, 4.69) is 35.1 Å². The Kier molecular flexibility index (Phi) is 9.38. The van der Waals surface area contributed by atoms with Gasteiger partial charge in [0.15, 0.2) is 5.82 Å². The number of Topliss-reactive ketones (excluding diaryl/α,β-unsaturated/α-hetero) is 1. The molecule has 2 aliphatic heterocycles. The number of aliphatic hydroxyl groups is 1. The zero-order valence-electron chi connectivity index (χ0n) is 23.3. The molecule has 14 heteroatoms. The Balaban J connectivity index is 0.00000353. The molecule has 1 aliphatic carbocycles. The summed E-state index contributed by atoms with van der Waals surface area (Å²) in [4.78, 5) is 39.9. The average Bonchev–Trinajstić information content (AvgIpc) is 3.19. The number of anilines is 4. The van der Waals surface area contributed by atoms with Crippen LogP contribution in [0.4, 0.5) is 23.4 Å². The molecule has 0 aromatic carbocycles. The molecule has 6 rings (SSSR count). The Hall–Kier alpha value is -2.77. The topological polar surface area (TPSA) is 146 Å². The minimum absolute atomic E-state index is 0. The van der Waals surface area contributed by atoms with Crippen molar-refractivity contribution < 1.29 is 9.90 Å². The monoisotopic (exact) mass is 631 g/mol. The van der Waals surface area contributed by atoms with Gasteiger partial charge in [0.05, 0.1) is 23.5 Å². The molecule has 1 saturated carbocycles. The van der Waals surface area contributed by atoms with Crippen molar-refractivity contribution in [2.24, 2.45) is 17.1 Å². The van der Waals surface area contributed by atoms with Crippen LogP contribution in [0.25, 0.3) is 0 Å². The average molecular weight is 633 g/mol. The highest BCUT2D eigenvalue weighted by atomic mass is 35.5. The lowest BCUT2D eigenvalue weighted by Gasteiger charge is -2.42. The molecule has 1 spiro atoms. The zero-order valence-corrected chi connectivity index (χ0v) is 25.7. The summed E-state index contributed by atoms with van der Waals surface area (Å²) in [6, 6.07) is 3.53. The number of aliphatic hydroxyl groups excluding tert-OH is 1. The highest BCUT2D eigenvalue weighted by Crippen LogP contribution is 2.46. The Morgan fingerprint density at radius 1 is 1.10 bits per heavy atom. The summed E-state index contributed by atoms with van der Waals surface area (Å²) >= 11 is 8.15. The van der Waals surface area contributed by atoms with Gasteiger partial charge in [0, 0.05) is 61.8 Å². The van der Waals surface area contributed by atoms with Crippen LogP contribution in [0.15, 0.2) is 46.8 Å². The lowest BCUT2D eigenvalue weighted by molar-refractivity contribution is -0.120. The Morgan fingerprint density at radius 3 is 2.57 bits per heavy atom. The molecule has 0 unspecified atom stereocenters. The number of ketones is 1. The number of β-amino-alcohol motifs (C(OH)–C–C–N with tert-alkyl or cyclic N) is 1. The zero-order chi connectivity index (χ0) is 28.6. The second-order valence-electron chi connectivity index (χ2n) is 11.2. The molecule has 0 bridgehead atoms. The van der Waals surface area contributed by atoms with Crippen molar-refractivity contribution in [3.05, 3.63) is 41.9 Å². The number of carbonyl (C=O) groups is 1. The van der Waals surface area contributed by atoms with E-state index in [-0.39, 0.29) is 35.9 Å². The Morgan fingerprint density at radius 2 is 1.88 bits per heavy atom. The molecule has 42 heavy (non-hydrogen) atoms. The molecular weight excluding hydrogens is 597 g/mol. The first-order valence-corrected chi connectivity index (χ1v) is 15.2. The minimum Gasteiger partial charge on any atom is -0.391 e. The van der Waals surface area contributed by atoms with Gasteiger partial charge in [-0.2, -0.15) is 4.98 Å². The Bertz CT molecular complexity index is 1410. The fraction of sp³-hybridized carbons (Fsp3) is 0.500. The van der Waals surface area contributed by atoms with Gasteiger partial charge in [-0.3, -0.25) is 4.79 Å². The van der Waals surface area contributed by atoms with E-state index < -0.39 is 0 Å². The fourth-order valence-electron chi connectivity index (χ4n) is 6.11. The smallest absolute Gasteiger partial charge is 0.227 e. The summed E-state index contributed by atoms with van der Waals surface area (Å²) in [6.45, 7) is 4.89. The summed E-state index contributed by atoms with van der Waals surface area (Å²) in [7, 11) is 0.